The van der Waals surface area contributed by atoms with E-state index in [0.29, 0.717) is 17.7 Å². The Morgan fingerprint density at radius 1 is 0.348 bits per heavy atom. The maximum Gasteiger partial charge on any atom is 0.239 e. The predicted molar refractivity (Wildman–Crippen MR) is 273 cm³/mol. The number of aryl methyl sites for hydroxylation is 1. The zero-order valence-corrected chi connectivity index (χ0v) is 36.9. The van der Waals surface area contributed by atoms with Crippen LogP contribution in [0.4, 0.5) is 0 Å². The number of aromatic nitrogens is 5. The summed E-state index contributed by atoms with van der Waals surface area (Å²) in [5, 5.41) is 4.72. The molecule has 13 rings (SSSR count). The van der Waals surface area contributed by atoms with Gasteiger partial charge in [-0.25, -0.2) is 0 Å². The molecule has 1 aliphatic carbocycles. The SMILES string of the molecule is Cc1nc(-n2c3ccccc3c3ccc(-c4cccc(-c5cc(-c6ccccc6)cc(-c6ccccc6)c5)c4)cc32)nc(-n2c3ccccc3c3c4c(ccc32)-c2ccccc2C4(C)C)n1. The van der Waals surface area contributed by atoms with Crippen molar-refractivity contribution in [3.63, 3.8) is 0 Å². The van der Waals surface area contributed by atoms with Crippen LogP contribution in [0.2, 0.25) is 0 Å². The van der Waals surface area contributed by atoms with Gasteiger partial charge in [0.15, 0.2) is 0 Å². The van der Waals surface area contributed by atoms with Crippen molar-refractivity contribution >= 4 is 43.6 Å². The molecule has 1 aliphatic rings. The van der Waals surface area contributed by atoms with E-state index in [1.165, 1.54) is 60.8 Å². The van der Waals surface area contributed by atoms with Gasteiger partial charge in [-0.15, -0.1) is 0 Å². The van der Waals surface area contributed by atoms with Gasteiger partial charge in [0.25, 0.3) is 0 Å². The van der Waals surface area contributed by atoms with Crippen molar-refractivity contribution in [3.05, 3.63) is 223 Å². The van der Waals surface area contributed by atoms with Crippen LogP contribution in [0, 0.1) is 6.92 Å². The van der Waals surface area contributed by atoms with Crippen molar-refractivity contribution in [2.24, 2.45) is 0 Å². The van der Waals surface area contributed by atoms with Crippen molar-refractivity contribution < 1.29 is 0 Å². The Hall–Kier alpha value is -8.41. The third-order valence-electron chi connectivity index (χ3n) is 13.8. The predicted octanol–water partition coefficient (Wildman–Crippen LogP) is 15.3. The van der Waals surface area contributed by atoms with E-state index in [-0.39, 0.29) is 5.41 Å². The van der Waals surface area contributed by atoms with Crippen LogP contribution in [0.3, 0.4) is 0 Å². The van der Waals surface area contributed by atoms with Crippen molar-refractivity contribution in [1.82, 2.24) is 24.1 Å². The Morgan fingerprint density at radius 3 is 1.55 bits per heavy atom. The number of hydrogen-bond acceptors (Lipinski definition) is 3. The summed E-state index contributed by atoms with van der Waals surface area (Å²) in [5.41, 5.74) is 18.7. The van der Waals surface area contributed by atoms with Crippen LogP contribution in [0.1, 0.15) is 30.8 Å². The summed E-state index contributed by atoms with van der Waals surface area (Å²) in [6.07, 6.45) is 0. The standard InChI is InChI=1S/C61H43N5/c1-38-62-59(65-54-28-15-12-25-51(54)57-55(65)32-31-50-47-23-10-13-26-52(47)61(2,3)58(50)57)64-60(63-38)66-53-27-14-11-24-48(53)49-30-29-43(37-56(49)66)41-21-16-22-42(33-41)46-35-44(39-17-6-4-7-18-39)34-45(36-46)40-19-8-5-9-20-40/h4-37H,1-3H3. The number of rotatable bonds is 6. The maximum atomic E-state index is 5.41. The minimum atomic E-state index is -0.182. The highest BCUT2D eigenvalue weighted by molar-refractivity contribution is 6.14. The number of para-hydroxylation sites is 2. The third-order valence-corrected chi connectivity index (χ3v) is 13.8. The normalized spacial score (nSPS) is 12.9. The van der Waals surface area contributed by atoms with E-state index < -0.39 is 0 Å². The minimum absolute atomic E-state index is 0.182. The molecular weight excluding hydrogens is 803 g/mol. The molecule has 0 spiro atoms. The van der Waals surface area contributed by atoms with Gasteiger partial charge in [-0.1, -0.05) is 172 Å². The molecule has 0 N–H and O–H groups in total. The number of benzene rings is 9. The van der Waals surface area contributed by atoms with Crippen LogP contribution in [-0.2, 0) is 5.41 Å². The van der Waals surface area contributed by atoms with Gasteiger partial charge in [-0.3, -0.25) is 9.13 Å². The van der Waals surface area contributed by atoms with E-state index >= 15 is 0 Å². The quantitative estimate of drug-likeness (QED) is 0.167. The number of fused-ring (bicyclic) bond motifs is 10. The topological polar surface area (TPSA) is 48.5 Å². The molecule has 0 fully saturated rings. The molecule has 9 aromatic carbocycles. The van der Waals surface area contributed by atoms with Crippen LogP contribution in [0.5, 0.6) is 0 Å². The minimum Gasteiger partial charge on any atom is -0.278 e. The highest BCUT2D eigenvalue weighted by Crippen LogP contribution is 2.53. The molecule has 66 heavy (non-hydrogen) atoms. The molecule has 0 atom stereocenters. The van der Waals surface area contributed by atoms with Gasteiger partial charge in [-0.2, -0.15) is 15.0 Å². The second kappa shape index (κ2) is 14.6. The molecule has 3 aromatic heterocycles. The maximum absolute atomic E-state index is 5.41. The van der Waals surface area contributed by atoms with E-state index in [2.05, 4.69) is 229 Å². The highest BCUT2D eigenvalue weighted by atomic mass is 15.3. The molecule has 0 bridgehead atoms. The fraction of sp³-hybridized carbons (Fsp3) is 0.0656. The molecule has 0 aliphatic heterocycles. The molecule has 0 saturated heterocycles. The molecule has 5 nitrogen and oxygen atoms in total. The third kappa shape index (κ3) is 5.83. The summed E-state index contributed by atoms with van der Waals surface area (Å²) in [5.74, 6) is 1.83. The van der Waals surface area contributed by atoms with Crippen LogP contribution >= 0.6 is 0 Å². The summed E-state index contributed by atoms with van der Waals surface area (Å²) in [6.45, 7) is 6.68. The van der Waals surface area contributed by atoms with Crippen molar-refractivity contribution in [1.29, 1.82) is 0 Å². The summed E-state index contributed by atoms with van der Waals surface area (Å²) >= 11 is 0. The van der Waals surface area contributed by atoms with Crippen molar-refractivity contribution in [3.8, 4) is 67.5 Å². The average molecular weight is 846 g/mol. The fourth-order valence-electron chi connectivity index (χ4n) is 10.8. The molecule has 12 aromatic rings. The van der Waals surface area contributed by atoms with Gasteiger partial charge in [0.05, 0.1) is 22.1 Å². The molecule has 0 unspecified atom stereocenters. The first-order valence-corrected chi connectivity index (χ1v) is 22.7. The van der Waals surface area contributed by atoms with Crippen LogP contribution in [-0.4, -0.2) is 24.1 Å². The first-order chi connectivity index (χ1) is 32.4. The van der Waals surface area contributed by atoms with Crippen molar-refractivity contribution in [2.45, 2.75) is 26.2 Å². The lowest BCUT2D eigenvalue weighted by molar-refractivity contribution is 0.666. The van der Waals surface area contributed by atoms with Gasteiger partial charge in [-0.05, 0) is 122 Å². The van der Waals surface area contributed by atoms with Crippen molar-refractivity contribution in [2.75, 3.05) is 0 Å². The summed E-state index contributed by atoms with van der Waals surface area (Å²) in [7, 11) is 0. The highest BCUT2D eigenvalue weighted by Gasteiger charge is 2.38. The molecule has 0 amide bonds. The smallest absolute Gasteiger partial charge is 0.239 e. The lowest BCUT2D eigenvalue weighted by Gasteiger charge is -2.22. The van der Waals surface area contributed by atoms with Gasteiger partial charge >= 0.3 is 0 Å². The van der Waals surface area contributed by atoms with Gasteiger partial charge in [0, 0.05) is 27.0 Å². The van der Waals surface area contributed by atoms with E-state index in [1.54, 1.807) is 0 Å². The Kier molecular flexibility index (Phi) is 8.40. The molecule has 312 valence electrons. The lowest BCUT2D eigenvalue weighted by atomic mass is 9.80. The molecule has 3 heterocycles. The van der Waals surface area contributed by atoms with Crippen LogP contribution in [0.25, 0.3) is 111 Å². The Labute approximate surface area is 383 Å². The van der Waals surface area contributed by atoms with Gasteiger partial charge < -0.3 is 0 Å². The van der Waals surface area contributed by atoms with Crippen LogP contribution < -0.4 is 0 Å². The molecule has 0 saturated carbocycles. The average Bonchev–Trinajstić information content (AvgIpc) is 3.97. The van der Waals surface area contributed by atoms with E-state index in [4.69, 9.17) is 15.0 Å². The number of hydrogen-bond donors (Lipinski definition) is 0. The van der Waals surface area contributed by atoms with E-state index in [1.807, 2.05) is 6.92 Å². The molecule has 0 radical (unpaired) electrons. The van der Waals surface area contributed by atoms with Crippen LogP contribution in [0.15, 0.2) is 206 Å². The number of nitrogens with zero attached hydrogens (tertiary/aromatic N) is 5. The Morgan fingerprint density at radius 2 is 0.848 bits per heavy atom. The lowest BCUT2D eigenvalue weighted by Crippen LogP contribution is -2.15. The Bertz CT molecular complexity index is 3850. The molecule has 5 heteroatoms. The first-order valence-electron chi connectivity index (χ1n) is 22.7. The largest absolute Gasteiger partial charge is 0.278 e. The zero-order chi connectivity index (χ0) is 44.1. The summed E-state index contributed by atoms with van der Waals surface area (Å²) in [4.78, 5) is 15.6. The van der Waals surface area contributed by atoms with Gasteiger partial charge in [0.1, 0.15) is 5.82 Å². The second-order valence-electron chi connectivity index (χ2n) is 18.1. The van der Waals surface area contributed by atoms with E-state index in [9.17, 15) is 0 Å². The van der Waals surface area contributed by atoms with E-state index in [0.717, 1.165) is 49.5 Å². The second-order valence-corrected chi connectivity index (χ2v) is 18.1. The molecular formula is C61H43N5. The van der Waals surface area contributed by atoms with Gasteiger partial charge in [0.2, 0.25) is 11.9 Å². The summed E-state index contributed by atoms with van der Waals surface area (Å²) in [6, 6.07) is 74.6. The fourth-order valence-corrected chi connectivity index (χ4v) is 10.8. The monoisotopic (exact) mass is 845 g/mol. The first kappa shape index (κ1) is 38.1. The zero-order valence-electron chi connectivity index (χ0n) is 36.9. The summed E-state index contributed by atoms with van der Waals surface area (Å²) < 4.78 is 4.46. The Balaban J connectivity index is 0.973.